The minimum Gasteiger partial charge on any atom is -0.326 e. The third-order valence-electron chi connectivity index (χ3n) is 2.25. The second kappa shape index (κ2) is 2.82. The molecule has 2 unspecified atom stereocenters. The summed E-state index contributed by atoms with van der Waals surface area (Å²) in [5, 5.41) is -0.352. The van der Waals surface area contributed by atoms with Gasteiger partial charge in [-0.15, -0.1) is 0 Å². The van der Waals surface area contributed by atoms with Gasteiger partial charge in [0.2, 0.25) is 0 Å². The molecule has 1 aromatic carbocycles. The monoisotopic (exact) mass is 197 g/mol. The van der Waals surface area contributed by atoms with E-state index in [-0.39, 0.29) is 11.3 Å². The van der Waals surface area contributed by atoms with Crippen LogP contribution in [0.4, 0.5) is 0 Å². The van der Waals surface area contributed by atoms with Gasteiger partial charge in [-0.2, -0.15) is 0 Å². The van der Waals surface area contributed by atoms with E-state index in [0.717, 1.165) is 0 Å². The Balaban J connectivity index is 2.36. The first-order chi connectivity index (χ1) is 6.12. The highest BCUT2D eigenvalue weighted by atomic mass is 32.2. The predicted octanol–water partition coefficient (Wildman–Crippen LogP) is 0.560. The fraction of sp³-hybridized carbons (Fsp3) is 0.333. The molecule has 0 radical (unpaired) electrons. The van der Waals surface area contributed by atoms with Crippen LogP contribution in [0.25, 0.3) is 0 Å². The summed E-state index contributed by atoms with van der Waals surface area (Å²) < 4.78 is 23.4. The van der Waals surface area contributed by atoms with Crippen molar-refractivity contribution in [3.63, 3.8) is 0 Å². The molecular formula is C9H11NO2S. The number of rotatable bonds is 2. The van der Waals surface area contributed by atoms with Crippen LogP contribution < -0.4 is 5.73 Å². The highest BCUT2D eigenvalue weighted by Gasteiger charge is 2.45. The Morgan fingerprint density at radius 2 is 1.77 bits per heavy atom. The standard InChI is InChI=1S/C9H11NO2S/c10-8-6-9(8)13(11,12)7-4-2-1-3-5-7/h1-5,8-9H,6,10H2. The van der Waals surface area contributed by atoms with Crippen LogP contribution >= 0.6 is 0 Å². The Labute approximate surface area is 77.5 Å². The molecule has 4 heteroatoms. The molecule has 1 fully saturated rings. The molecule has 0 amide bonds. The fourth-order valence-electron chi connectivity index (χ4n) is 1.33. The first kappa shape index (κ1) is 8.72. The maximum absolute atomic E-state index is 11.7. The predicted molar refractivity (Wildman–Crippen MR) is 50.0 cm³/mol. The molecule has 2 N–H and O–H groups in total. The van der Waals surface area contributed by atoms with E-state index in [1.54, 1.807) is 30.3 Å². The molecular weight excluding hydrogens is 186 g/mol. The lowest BCUT2D eigenvalue weighted by atomic mass is 10.4. The van der Waals surface area contributed by atoms with Gasteiger partial charge in [-0.3, -0.25) is 0 Å². The Morgan fingerprint density at radius 1 is 1.23 bits per heavy atom. The van der Waals surface area contributed by atoms with Crippen molar-refractivity contribution in [3.8, 4) is 0 Å². The molecule has 0 spiro atoms. The van der Waals surface area contributed by atoms with Crippen LogP contribution in [0.3, 0.4) is 0 Å². The molecule has 2 atom stereocenters. The Bertz CT molecular complexity index is 399. The minimum absolute atomic E-state index is 0.162. The van der Waals surface area contributed by atoms with Gasteiger partial charge in [0.25, 0.3) is 0 Å². The van der Waals surface area contributed by atoms with Crippen molar-refractivity contribution < 1.29 is 8.42 Å². The maximum Gasteiger partial charge on any atom is 0.182 e. The van der Waals surface area contributed by atoms with E-state index >= 15 is 0 Å². The molecule has 0 aliphatic heterocycles. The van der Waals surface area contributed by atoms with Crippen LogP contribution in [-0.2, 0) is 9.84 Å². The quantitative estimate of drug-likeness (QED) is 0.753. The minimum atomic E-state index is -3.14. The Hall–Kier alpha value is -0.870. The van der Waals surface area contributed by atoms with Gasteiger partial charge in [-0.1, -0.05) is 18.2 Å². The smallest absolute Gasteiger partial charge is 0.182 e. The topological polar surface area (TPSA) is 60.2 Å². The van der Waals surface area contributed by atoms with E-state index in [2.05, 4.69) is 0 Å². The Morgan fingerprint density at radius 3 is 2.23 bits per heavy atom. The summed E-state index contributed by atoms with van der Waals surface area (Å²) in [7, 11) is -3.14. The summed E-state index contributed by atoms with van der Waals surface area (Å²) in [6, 6.07) is 8.30. The number of hydrogen-bond acceptors (Lipinski definition) is 3. The van der Waals surface area contributed by atoms with Gasteiger partial charge in [0, 0.05) is 6.04 Å². The van der Waals surface area contributed by atoms with Crippen LogP contribution in [-0.4, -0.2) is 19.7 Å². The SMILES string of the molecule is NC1CC1S(=O)(=O)c1ccccc1. The summed E-state index contributed by atoms with van der Waals surface area (Å²) in [5.74, 6) is 0. The zero-order valence-corrected chi connectivity index (χ0v) is 7.87. The van der Waals surface area contributed by atoms with E-state index in [4.69, 9.17) is 5.73 Å². The number of nitrogens with two attached hydrogens (primary N) is 1. The first-order valence-corrected chi connectivity index (χ1v) is 5.71. The van der Waals surface area contributed by atoms with Gasteiger partial charge < -0.3 is 5.73 Å². The average Bonchev–Trinajstić information content (AvgIpc) is 2.85. The number of sulfone groups is 1. The molecule has 1 aliphatic rings. The zero-order chi connectivity index (χ0) is 9.47. The first-order valence-electron chi connectivity index (χ1n) is 4.17. The average molecular weight is 197 g/mol. The second-order valence-corrected chi connectivity index (χ2v) is 5.46. The van der Waals surface area contributed by atoms with Crippen LogP contribution in [0.2, 0.25) is 0 Å². The molecule has 3 nitrogen and oxygen atoms in total. The van der Waals surface area contributed by atoms with Crippen molar-refractivity contribution in [2.75, 3.05) is 0 Å². The van der Waals surface area contributed by atoms with Crippen molar-refractivity contribution in [1.29, 1.82) is 0 Å². The lowest BCUT2D eigenvalue weighted by Gasteiger charge is -2.01. The third-order valence-corrected chi connectivity index (χ3v) is 4.52. The molecule has 1 aliphatic carbocycles. The van der Waals surface area contributed by atoms with Crippen molar-refractivity contribution >= 4 is 9.84 Å². The third kappa shape index (κ3) is 1.47. The van der Waals surface area contributed by atoms with E-state index in [1.807, 2.05) is 0 Å². The molecule has 0 bridgehead atoms. The van der Waals surface area contributed by atoms with Crippen LogP contribution in [0.5, 0.6) is 0 Å². The molecule has 0 heterocycles. The highest BCUT2D eigenvalue weighted by molar-refractivity contribution is 7.92. The zero-order valence-electron chi connectivity index (χ0n) is 7.05. The summed E-state index contributed by atoms with van der Waals surface area (Å²) in [4.78, 5) is 0.382. The van der Waals surface area contributed by atoms with E-state index < -0.39 is 9.84 Å². The number of hydrogen-bond donors (Lipinski definition) is 1. The molecule has 0 aromatic heterocycles. The lowest BCUT2D eigenvalue weighted by Crippen LogP contribution is -2.15. The summed E-state index contributed by atoms with van der Waals surface area (Å²) in [6.07, 6.45) is 0.594. The van der Waals surface area contributed by atoms with Crippen molar-refractivity contribution in [1.82, 2.24) is 0 Å². The van der Waals surface area contributed by atoms with Gasteiger partial charge in [-0.25, -0.2) is 8.42 Å². The highest BCUT2D eigenvalue weighted by Crippen LogP contribution is 2.32. The van der Waals surface area contributed by atoms with Gasteiger partial charge in [0.15, 0.2) is 9.84 Å². The molecule has 1 aromatic rings. The summed E-state index contributed by atoms with van der Waals surface area (Å²) >= 11 is 0. The normalized spacial score (nSPS) is 27.2. The molecule has 2 rings (SSSR count). The van der Waals surface area contributed by atoms with Gasteiger partial charge in [0.05, 0.1) is 10.1 Å². The van der Waals surface area contributed by atoms with Crippen LogP contribution in [0, 0.1) is 0 Å². The maximum atomic E-state index is 11.7. The number of benzene rings is 1. The summed E-state index contributed by atoms with van der Waals surface area (Å²) in [5.41, 5.74) is 5.51. The summed E-state index contributed by atoms with van der Waals surface area (Å²) in [6.45, 7) is 0. The largest absolute Gasteiger partial charge is 0.326 e. The molecule has 70 valence electrons. The van der Waals surface area contributed by atoms with E-state index in [9.17, 15) is 8.42 Å². The van der Waals surface area contributed by atoms with Crippen LogP contribution in [0.1, 0.15) is 6.42 Å². The van der Waals surface area contributed by atoms with E-state index in [1.165, 1.54) is 0 Å². The van der Waals surface area contributed by atoms with Gasteiger partial charge in [0.1, 0.15) is 0 Å². The van der Waals surface area contributed by atoms with Crippen LogP contribution in [0.15, 0.2) is 35.2 Å². The van der Waals surface area contributed by atoms with Gasteiger partial charge in [-0.05, 0) is 18.6 Å². The van der Waals surface area contributed by atoms with Crippen molar-refractivity contribution in [3.05, 3.63) is 30.3 Å². The van der Waals surface area contributed by atoms with E-state index in [0.29, 0.717) is 11.3 Å². The van der Waals surface area contributed by atoms with Gasteiger partial charge >= 0.3 is 0 Å². The molecule has 1 saturated carbocycles. The van der Waals surface area contributed by atoms with Crippen molar-refractivity contribution in [2.24, 2.45) is 5.73 Å². The molecule has 0 saturated heterocycles. The second-order valence-electron chi connectivity index (χ2n) is 3.30. The molecule has 13 heavy (non-hydrogen) atoms. The Kier molecular flexibility index (Phi) is 1.89. The van der Waals surface area contributed by atoms with Crippen molar-refractivity contribution in [2.45, 2.75) is 22.6 Å². The fourth-order valence-corrected chi connectivity index (χ4v) is 3.15. The lowest BCUT2D eigenvalue weighted by molar-refractivity contribution is 0.594.